The Morgan fingerprint density at radius 1 is 1.30 bits per heavy atom. The number of rotatable bonds is 5. The number of benzene rings is 1. The zero-order valence-corrected chi connectivity index (χ0v) is 12.3. The monoisotopic (exact) mass is 272 g/mol. The number of aromatic nitrogens is 1. The van der Waals surface area contributed by atoms with Gasteiger partial charge >= 0.3 is 0 Å². The maximum atomic E-state index is 5.80. The molecule has 2 aromatic rings. The Balaban J connectivity index is 1.55. The Kier molecular flexibility index (Phi) is 4.38. The number of H-pyrrole nitrogens is 1. The van der Waals surface area contributed by atoms with Gasteiger partial charge in [-0.3, -0.25) is 0 Å². The van der Waals surface area contributed by atoms with Crippen molar-refractivity contribution in [3.8, 4) is 0 Å². The summed E-state index contributed by atoms with van der Waals surface area (Å²) in [5, 5.41) is 1.34. The van der Waals surface area contributed by atoms with Gasteiger partial charge in [0, 0.05) is 36.8 Å². The lowest BCUT2D eigenvalue weighted by atomic mass is 10.1. The van der Waals surface area contributed by atoms with Crippen LogP contribution in [0.1, 0.15) is 31.2 Å². The Hall–Kier alpha value is -1.32. The van der Waals surface area contributed by atoms with Crippen LogP contribution in [0.3, 0.4) is 0 Å². The van der Waals surface area contributed by atoms with Crippen molar-refractivity contribution >= 4 is 10.9 Å². The fourth-order valence-corrected chi connectivity index (χ4v) is 3.06. The number of aromatic amines is 1. The van der Waals surface area contributed by atoms with Gasteiger partial charge in [-0.05, 0) is 50.4 Å². The minimum absolute atomic E-state index is 0.481. The summed E-state index contributed by atoms with van der Waals surface area (Å²) in [6.07, 6.45) is 7.46. The van der Waals surface area contributed by atoms with E-state index in [2.05, 4.69) is 41.2 Å². The van der Waals surface area contributed by atoms with Crippen molar-refractivity contribution in [3.63, 3.8) is 0 Å². The highest BCUT2D eigenvalue weighted by Gasteiger charge is 2.14. The van der Waals surface area contributed by atoms with Crippen molar-refractivity contribution in [3.05, 3.63) is 36.0 Å². The first kappa shape index (κ1) is 13.7. The summed E-state index contributed by atoms with van der Waals surface area (Å²) in [7, 11) is 2.20. The number of nitrogens with zero attached hydrogens (tertiary/aromatic N) is 1. The Morgan fingerprint density at radius 2 is 2.25 bits per heavy atom. The number of hydrogen-bond acceptors (Lipinski definition) is 2. The number of ether oxygens (including phenoxy) is 1. The molecular formula is C17H24N2O. The van der Waals surface area contributed by atoms with Crippen LogP contribution >= 0.6 is 0 Å². The highest BCUT2D eigenvalue weighted by Crippen LogP contribution is 2.20. The molecule has 108 valence electrons. The van der Waals surface area contributed by atoms with Crippen molar-refractivity contribution in [2.24, 2.45) is 0 Å². The van der Waals surface area contributed by atoms with Crippen LogP contribution in [0.5, 0.6) is 0 Å². The standard InChI is InChI=1S/C17H24N2O/c1-19(11-9-15-6-2-3-12-20-15)13-14-5-4-7-17-16(14)8-10-18-17/h4-5,7-8,10,15,18H,2-3,6,9,11-13H2,1H3/t15-/m0/s1. The van der Waals surface area contributed by atoms with Gasteiger partial charge < -0.3 is 14.6 Å². The third kappa shape index (κ3) is 3.22. The number of nitrogens with one attached hydrogen (secondary N) is 1. The molecular weight excluding hydrogens is 248 g/mol. The molecule has 3 nitrogen and oxygen atoms in total. The van der Waals surface area contributed by atoms with Crippen molar-refractivity contribution in [2.45, 2.75) is 38.3 Å². The second kappa shape index (κ2) is 6.42. The minimum Gasteiger partial charge on any atom is -0.378 e. The summed E-state index contributed by atoms with van der Waals surface area (Å²) >= 11 is 0. The van der Waals surface area contributed by atoms with Crippen molar-refractivity contribution in [1.29, 1.82) is 0 Å². The molecule has 0 amide bonds. The molecule has 2 heterocycles. The Labute approximate surface area is 120 Å². The van der Waals surface area contributed by atoms with Crippen molar-refractivity contribution in [2.75, 3.05) is 20.2 Å². The highest BCUT2D eigenvalue weighted by atomic mass is 16.5. The summed E-state index contributed by atoms with van der Waals surface area (Å²) in [4.78, 5) is 5.68. The molecule has 20 heavy (non-hydrogen) atoms. The summed E-state index contributed by atoms with van der Waals surface area (Å²) in [5.41, 5.74) is 2.63. The largest absolute Gasteiger partial charge is 0.378 e. The van der Waals surface area contributed by atoms with E-state index in [-0.39, 0.29) is 0 Å². The van der Waals surface area contributed by atoms with Crippen LogP contribution in [0.15, 0.2) is 30.5 Å². The fourth-order valence-electron chi connectivity index (χ4n) is 3.06. The lowest BCUT2D eigenvalue weighted by molar-refractivity contribution is 0.00642. The second-order valence-electron chi connectivity index (χ2n) is 5.87. The predicted octanol–water partition coefficient (Wildman–Crippen LogP) is 3.56. The molecule has 0 bridgehead atoms. The van der Waals surface area contributed by atoms with Gasteiger partial charge in [0.15, 0.2) is 0 Å². The van der Waals surface area contributed by atoms with E-state index in [1.54, 1.807) is 0 Å². The molecule has 0 saturated carbocycles. The van der Waals surface area contributed by atoms with E-state index in [9.17, 15) is 0 Å². The Bertz CT molecular complexity index is 543. The lowest BCUT2D eigenvalue weighted by Crippen LogP contribution is -2.26. The average Bonchev–Trinajstić information content (AvgIpc) is 2.96. The second-order valence-corrected chi connectivity index (χ2v) is 5.87. The van der Waals surface area contributed by atoms with Gasteiger partial charge in [-0.25, -0.2) is 0 Å². The van der Waals surface area contributed by atoms with Gasteiger partial charge in [-0.1, -0.05) is 12.1 Å². The maximum absolute atomic E-state index is 5.80. The normalized spacial score (nSPS) is 19.8. The molecule has 0 radical (unpaired) electrons. The molecule has 1 aliphatic rings. The van der Waals surface area contributed by atoms with Gasteiger partial charge in [-0.15, -0.1) is 0 Å². The van der Waals surface area contributed by atoms with E-state index < -0.39 is 0 Å². The fraction of sp³-hybridized carbons (Fsp3) is 0.529. The van der Waals surface area contributed by atoms with E-state index in [0.29, 0.717) is 6.10 Å². The lowest BCUT2D eigenvalue weighted by Gasteiger charge is -2.25. The quantitative estimate of drug-likeness (QED) is 0.901. The summed E-state index contributed by atoms with van der Waals surface area (Å²) in [6, 6.07) is 8.66. The van der Waals surface area contributed by atoms with Crippen molar-refractivity contribution in [1.82, 2.24) is 9.88 Å². The Morgan fingerprint density at radius 3 is 3.10 bits per heavy atom. The highest BCUT2D eigenvalue weighted by molar-refractivity contribution is 5.82. The van der Waals surface area contributed by atoms with Crippen LogP contribution in [0, 0.1) is 0 Å². The summed E-state index contributed by atoms with van der Waals surface area (Å²) in [5.74, 6) is 0. The molecule has 1 fully saturated rings. The topological polar surface area (TPSA) is 28.3 Å². The van der Waals surface area contributed by atoms with E-state index >= 15 is 0 Å². The molecule has 3 rings (SSSR count). The van der Waals surface area contributed by atoms with Crippen LogP contribution in [0.2, 0.25) is 0 Å². The van der Waals surface area contributed by atoms with Crippen LogP contribution in [-0.2, 0) is 11.3 Å². The van der Waals surface area contributed by atoms with E-state index in [1.807, 2.05) is 6.20 Å². The van der Waals surface area contributed by atoms with Crippen LogP contribution in [0.25, 0.3) is 10.9 Å². The minimum atomic E-state index is 0.481. The maximum Gasteiger partial charge on any atom is 0.0587 e. The predicted molar refractivity (Wildman–Crippen MR) is 82.8 cm³/mol. The average molecular weight is 272 g/mol. The molecule has 1 saturated heterocycles. The molecule has 0 aliphatic carbocycles. The van der Waals surface area contributed by atoms with Gasteiger partial charge in [0.1, 0.15) is 0 Å². The molecule has 1 aliphatic heterocycles. The first-order chi connectivity index (χ1) is 9.83. The first-order valence-electron chi connectivity index (χ1n) is 7.68. The zero-order chi connectivity index (χ0) is 13.8. The third-order valence-electron chi connectivity index (χ3n) is 4.23. The van der Waals surface area contributed by atoms with Crippen LogP contribution < -0.4 is 0 Å². The van der Waals surface area contributed by atoms with Crippen LogP contribution in [-0.4, -0.2) is 36.2 Å². The van der Waals surface area contributed by atoms with E-state index in [1.165, 1.54) is 35.7 Å². The molecule has 0 spiro atoms. The van der Waals surface area contributed by atoms with Gasteiger partial charge in [0.05, 0.1) is 6.10 Å². The van der Waals surface area contributed by atoms with Gasteiger partial charge in [-0.2, -0.15) is 0 Å². The molecule has 1 aromatic carbocycles. The molecule has 1 aromatic heterocycles. The molecule has 1 N–H and O–H groups in total. The van der Waals surface area contributed by atoms with Crippen LogP contribution in [0.4, 0.5) is 0 Å². The van der Waals surface area contributed by atoms with E-state index in [4.69, 9.17) is 4.74 Å². The zero-order valence-electron chi connectivity index (χ0n) is 12.3. The summed E-state index contributed by atoms with van der Waals surface area (Å²) < 4.78 is 5.80. The third-order valence-corrected chi connectivity index (χ3v) is 4.23. The molecule has 0 unspecified atom stereocenters. The van der Waals surface area contributed by atoms with Crippen molar-refractivity contribution < 1.29 is 4.74 Å². The van der Waals surface area contributed by atoms with E-state index in [0.717, 1.165) is 26.1 Å². The van der Waals surface area contributed by atoms with Gasteiger partial charge in [0.25, 0.3) is 0 Å². The molecule has 1 atom stereocenters. The number of fused-ring (bicyclic) bond motifs is 1. The van der Waals surface area contributed by atoms with Gasteiger partial charge in [0.2, 0.25) is 0 Å². The SMILES string of the molecule is CN(CC[C@@H]1CCCCO1)Cc1cccc2[nH]ccc12. The summed E-state index contributed by atoms with van der Waals surface area (Å²) in [6.45, 7) is 3.06. The first-order valence-corrected chi connectivity index (χ1v) is 7.68. The molecule has 3 heteroatoms. The smallest absolute Gasteiger partial charge is 0.0587 e. The number of hydrogen-bond donors (Lipinski definition) is 1.